The molecule has 6 heteroatoms. The number of hydrogen-bond donors (Lipinski definition) is 0. The van der Waals surface area contributed by atoms with Crippen LogP contribution in [0.25, 0.3) is 0 Å². The molecule has 0 N–H and O–H groups in total. The van der Waals surface area contributed by atoms with E-state index in [1.165, 1.54) is 18.0 Å². The molecule has 2 aromatic heterocycles. The highest BCUT2D eigenvalue weighted by Crippen LogP contribution is 2.18. The lowest BCUT2D eigenvalue weighted by Gasteiger charge is -2.10. The van der Waals surface area contributed by atoms with Crippen molar-refractivity contribution in [3.05, 3.63) is 82.9 Å². The maximum Gasteiger partial charge on any atom is 0.338 e. The number of methoxy groups -OCH3 is 1. The summed E-state index contributed by atoms with van der Waals surface area (Å²) < 4.78 is 12.5. The third kappa shape index (κ3) is 4.90. The number of nitrogens with zero attached hydrogens (tertiary/aromatic N) is 2. The molecule has 0 saturated carbocycles. The fourth-order valence-electron chi connectivity index (χ4n) is 3.24. The zero-order chi connectivity index (χ0) is 20.8. The van der Waals surface area contributed by atoms with E-state index in [4.69, 9.17) is 9.47 Å². The Hall–Kier alpha value is -3.41. The van der Waals surface area contributed by atoms with Crippen LogP contribution in [0.5, 0.6) is 5.75 Å². The van der Waals surface area contributed by atoms with Crippen LogP contribution in [0.3, 0.4) is 0 Å². The lowest BCUT2D eigenvalue weighted by atomic mass is 10.1. The molecule has 0 fully saturated rings. The number of ether oxygens (including phenoxy) is 2. The molecule has 29 heavy (non-hydrogen) atoms. The summed E-state index contributed by atoms with van der Waals surface area (Å²) >= 11 is 0. The SMILES string of the molecule is COc1ccc(CCn2c(C)cc(C(=O)COC(=O)c3ccncc3)c2C)cc1. The molecule has 3 rings (SSSR count). The number of aromatic nitrogens is 2. The van der Waals surface area contributed by atoms with Crippen molar-refractivity contribution in [3.8, 4) is 5.75 Å². The first kappa shape index (κ1) is 20.3. The highest BCUT2D eigenvalue weighted by Gasteiger charge is 2.18. The Morgan fingerprint density at radius 1 is 1.03 bits per heavy atom. The molecule has 0 aliphatic carbocycles. The predicted octanol–water partition coefficient (Wildman–Crippen LogP) is 3.79. The predicted molar refractivity (Wildman–Crippen MR) is 109 cm³/mol. The van der Waals surface area contributed by atoms with E-state index in [-0.39, 0.29) is 12.4 Å². The molecule has 0 spiro atoms. The first-order chi connectivity index (χ1) is 14.0. The number of esters is 1. The Morgan fingerprint density at radius 3 is 2.38 bits per heavy atom. The molecule has 0 amide bonds. The topological polar surface area (TPSA) is 70.4 Å². The van der Waals surface area contributed by atoms with Crippen molar-refractivity contribution in [2.75, 3.05) is 13.7 Å². The van der Waals surface area contributed by atoms with E-state index in [1.54, 1.807) is 19.2 Å². The van der Waals surface area contributed by atoms with Crippen molar-refractivity contribution in [2.45, 2.75) is 26.8 Å². The fourth-order valence-corrected chi connectivity index (χ4v) is 3.24. The first-order valence-corrected chi connectivity index (χ1v) is 9.39. The summed E-state index contributed by atoms with van der Waals surface area (Å²) in [6, 6.07) is 12.9. The number of pyridine rings is 1. The summed E-state index contributed by atoms with van der Waals surface area (Å²) in [6.45, 7) is 4.36. The molecular formula is C23H24N2O4. The third-order valence-corrected chi connectivity index (χ3v) is 4.91. The Labute approximate surface area is 170 Å². The monoisotopic (exact) mass is 392 g/mol. The lowest BCUT2D eigenvalue weighted by molar-refractivity contribution is 0.0474. The van der Waals surface area contributed by atoms with Crippen molar-refractivity contribution < 1.29 is 19.1 Å². The maximum absolute atomic E-state index is 12.6. The molecular weight excluding hydrogens is 368 g/mol. The van der Waals surface area contributed by atoms with Crippen molar-refractivity contribution in [1.82, 2.24) is 9.55 Å². The van der Waals surface area contributed by atoms with Crippen LogP contribution in [0, 0.1) is 13.8 Å². The number of Topliss-reactive ketones (excluding diaryl/α,β-unsaturated/α-hetero) is 1. The van der Waals surface area contributed by atoms with E-state index < -0.39 is 5.97 Å². The number of aryl methyl sites for hydroxylation is 2. The second-order valence-corrected chi connectivity index (χ2v) is 6.77. The normalized spacial score (nSPS) is 10.6. The minimum absolute atomic E-state index is 0.212. The van der Waals surface area contributed by atoms with Gasteiger partial charge in [0.25, 0.3) is 0 Å². The van der Waals surface area contributed by atoms with Gasteiger partial charge in [0.1, 0.15) is 5.75 Å². The Kier molecular flexibility index (Phi) is 6.44. The van der Waals surface area contributed by atoms with Gasteiger partial charge in [-0.05, 0) is 56.2 Å². The summed E-state index contributed by atoms with van der Waals surface area (Å²) in [6.07, 6.45) is 3.86. The van der Waals surface area contributed by atoms with Crippen LogP contribution in [0.4, 0.5) is 0 Å². The average Bonchev–Trinajstić information content (AvgIpc) is 3.04. The number of ketones is 1. The lowest BCUT2D eigenvalue weighted by Crippen LogP contribution is -2.15. The summed E-state index contributed by atoms with van der Waals surface area (Å²) in [5, 5.41) is 0. The van der Waals surface area contributed by atoms with Crippen molar-refractivity contribution in [3.63, 3.8) is 0 Å². The standard InChI is InChI=1S/C23H24N2O4/c1-16-14-21(22(26)15-29-23(27)19-8-11-24-12-9-19)17(2)25(16)13-10-18-4-6-20(28-3)7-5-18/h4-9,11-12,14H,10,13,15H2,1-3H3. The Balaban J connectivity index is 1.63. The smallest absolute Gasteiger partial charge is 0.338 e. The first-order valence-electron chi connectivity index (χ1n) is 9.39. The van der Waals surface area contributed by atoms with Crippen LogP contribution in [-0.4, -0.2) is 35.0 Å². The largest absolute Gasteiger partial charge is 0.497 e. The van der Waals surface area contributed by atoms with Gasteiger partial charge in [0.15, 0.2) is 6.61 Å². The van der Waals surface area contributed by atoms with Gasteiger partial charge in [-0.15, -0.1) is 0 Å². The molecule has 0 bridgehead atoms. The Morgan fingerprint density at radius 2 is 1.72 bits per heavy atom. The summed E-state index contributed by atoms with van der Waals surface area (Å²) in [5.41, 5.74) is 4.02. The number of benzene rings is 1. The highest BCUT2D eigenvalue weighted by atomic mass is 16.5. The van der Waals surface area contributed by atoms with E-state index in [9.17, 15) is 9.59 Å². The number of carbonyl (C=O) groups is 2. The Bertz CT molecular complexity index is 992. The van der Waals surface area contributed by atoms with E-state index in [0.29, 0.717) is 11.1 Å². The molecule has 2 heterocycles. The summed E-state index contributed by atoms with van der Waals surface area (Å²) in [7, 11) is 1.65. The molecule has 0 atom stereocenters. The maximum atomic E-state index is 12.6. The van der Waals surface area contributed by atoms with Gasteiger partial charge in [0, 0.05) is 35.9 Å². The van der Waals surface area contributed by atoms with Gasteiger partial charge < -0.3 is 14.0 Å². The zero-order valence-corrected chi connectivity index (χ0v) is 16.8. The third-order valence-electron chi connectivity index (χ3n) is 4.91. The number of rotatable bonds is 8. The van der Waals surface area contributed by atoms with Gasteiger partial charge in [-0.25, -0.2) is 4.79 Å². The van der Waals surface area contributed by atoms with E-state index in [1.807, 2.05) is 44.2 Å². The van der Waals surface area contributed by atoms with Crippen LogP contribution < -0.4 is 4.74 Å². The van der Waals surface area contributed by atoms with Gasteiger partial charge in [-0.3, -0.25) is 9.78 Å². The van der Waals surface area contributed by atoms with Gasteiger partial charge in [-0.2, -0.15) is 0 Å². The van der Waals surface area contributed by atoms with Crippen LogP contribution >= 0.6 is 0 Å². The van der Waals surface area contributed by atoms with E-state index in [2.05, 4.69) is 9.55 Å². The van der Waals surface area contributed by atoms with Crippen LogP contribution in [0.1, 0.15) is 37.7 Å². The van der Waals surface area contributed by atoms with Crippen LogP contribution in [0.15, 0.2) is 54.9 Å². The molecule has 1 aromatic carbocycles. The molecule has 0 saturated heterocycles. The van der Waals surface area contributed by atoms with Gasteiger partial charge in [0.05, 0.1) is 12.7 Å². The summed E-state index contributed by atoms with van der Waals surface area (Å²) in [5.74, 6) is 0.0848. The zero-order valence-electron chi connectivity index (χ0n) is 16.8. The quantitative estimate of drug-likeness (QED) is 0.431. The number of carbonyl (C=O) groups excluding carboxylic acids is 2. The molecule has 0 radical (unpaired) electrons. The number of hydrogen-bond acceptors (Lipinski definition) is 5. The molecule has 0 aliphatic heterocycles. The van der Waals surface area contributed by atoms with Gasteiger partial charge in [-0.1, -0.05) is 12.1 Å². The van der Waals surface area contributed by atoms with Gasteiger partial charge in [0.2, 0.25) is 5.78 Å². The molecule has 3 aromatic rings. The minimum Gasteiger partial charge on any atom is -0.497 e. The van der Waals surface area contributed by atoms with Crippen molar-refractivity contribution >= 4 is 11.8 Å². The molecule has 0 unspecified atom stereocenters. The van der Waals surface area contributed by atoms with Gasteiger partial charge >= 0.3 is 5.97 Å². The van der Waals surface area contributed by atoms with Crippen molar-refractivity contribution in [1.29, 1.82) is 0 Å². The second-order valence-electron chi connectivity index (χ2n) is 6.77. The fraction of sp³-hybridized carbons (Fsp3) is 0.261. The van der Waals surface area contributed by atoms with E-state index >= 15 is 0 Å². The second kappa shape index (κ2) is 9.19. The minimum atomic E-state index is -0.533. The summed E-state index contributed by atoms with van der Waals surface area (Å²) in [4.78, 5) is 28.5. The molecule has 150 valence electrons. The van der Waals surface area contributed by atoms with E-state index in [0.717, 1.165) is 30.1 Å². The average molecular weight is 392 g/mol. The van der Waals surface area contributed by atoms with Crippen LogP contribution in [0.2, 0.25) is 0 Å². The highest BCUT2D eigenvalue weighted by molar-refractivity contribution is 6.00. The molecule has 0 aliphatic rings. The molecule has 6 nitrogen and oxygen atoms in total. The van der Waals surface area contributed by atoms with Crippen molar-refractivity contribution in [2.24, 2.45) is 0 Å². The van der Waals surface area contributed by atoms with Crippen LogP contribution in [-0.2, 0) is 17.7 Å².